The molecule has 0 unspecified atom stereocenters. The van der Waals surface area contributed by atoms with Gasteiger partial charge in [-0.3, -0.25) is 0 Å². The van der Waals surface area contributed by atoms with Gasteiger partial charge in [0.15, 0.2) is 0 Å². The van der Waals surface area contributed by atoms with Crippen molar-refractivity contribution in [2.75, 3.05) is 61.9 Å². The van der Waals surface area contributed by atoms with E-state index in [2.05, 4.69) is 138 Å². The molecule has 0 aliphatic heterocycles. The maximum Gasteiger partial charge on any atom is 0.336 e. The van der Waals surface area contributed by atoms with Crippen LogP contribution in [0.5, 0.6) is 0 Å². The summed E-state index contributed by atoms with van der Waals surface area (Å²) in [7, 11) is 12.9. The van der Waals surface area contributed by atoms with Gasteiger partial charge in [-0.05, 0) is 58.2 Å². The van der Waals surface area contributed by atoms with Crippen LogP contribution in [0.1, 0.15) is 56.5 Å². The van der Waals surface area contributed by atoms with Crippen molar-refractivity contribution in [3.8, 4) is 0 Å². The quantitative estimate of drug-likeness (QED) is 0.149. The van der Waals surface area contributed by atoms with Crippen LogP contribution in [0.4, 0.5) is 0 Å². The number of aryl methyl sites for hydroxylation is 6. The van der Waals surface area contributed by atoms with Gasteiger partial charge in [-0.2, -0.15) is 0 Å². The van der Waals surface area contributed by atoms with Gasteiger partial charge in [0.05, 0.1) is 75.0 Å². The second-order valence-electron chi connectivity index (χ2n) is 17.4. The van der Waals surface area contributed by atoms with Crippen LogP contribution in [0.2, 0.25) is 0 Å². The molecule has 0 amide bonds. The van der Waals surface area contributed by atoms with E-state index in [-0.39, 0.29) is 19.6 Å². The van der Waals surface area contributed by atoms with Gasteiger partial charge in [0.2, 0.25) is 0 Å². The summed E-state index contributed by atoms with van der Waals surface area (Å²) in [4.78, 5) is 42.2. The van der Waals surface area contributed by atoms with Crippen molar-refractivity contribution in [3.05, 3.63) is 136 Å². The first kappa shape index (κ1) is 40.7. The van der Waals surface area contributed by atoms with Crippen molar-refractivity contribution >= 4 is 0 Å². The molecule has 9 nitrogen and oxygen atoms in total. The molecule has 0 bridgehead atoms. The zero-order valence-corrected chi connectivity index (χ0v) is 34.2. The Morgan fingerprint density at radius 2 is 0.712 bits per heavy atom. The number of nitrogens with zero attached hydrogens (tertiary/aromatic N) is 6. The first-order chi connectivity index (χ1) is 24.2. The minimum Gasteiger partial charge on any atom is -0.325 e. The molecule has 4 rings (SSSR count). The molecule has 0 saturated carbocycles. The molecule has 0 N–H and O–H groups in total. The summed E-state index contributed by atoms with van der Waals surface area (Å²) in [5.74, 6) is 0. The highest BCUT2D eigenvalue weighted by atomic mass is 16.2. The average Bonchev–Trinajstić information content (AvgIpc) is 3.02. The molecule has 0 saturated heterocycles. The van der Waals surface area contributed by atoms with Gasteiger partial charge in [-0.15, -0.1) is 0 Å². The van der Waals surface area contributed by atoms with Crippen LogP contribution in [-0.4, -0.2) is 89.1 Å². The predicted molar refractivity (Wildman–Crippen MR) is 214 cm³/mol. The van der Waals surface area contributed by atoms with E-state index in [1.807, 2.05) is 0 Å². The molecular weight excluding hydrogens is 649 g/mol. The van der Waals surface area contributed by atoms with Crippen molar-refractivity contribution < 1.29 is 13.4 Å². The Morgan fingerprint density at radius 3 is 1.02 bits per heavy atom. The van der Waals surface area contributed by atoms with Crippen LogP contribution in [0.3, 0.4) is 0 Å². The topological polar surface area (TPSA) is 66.0 Å². The summed E-state index contributed by atoms with van der Waals surface area (Å²) >= 11 is 0. The van der Waals surface area contributed by atoms with Gasteiger partial charge in [0.1, 0.15) is 19.6 Å². The van der Waals surface area contributed by atoms with Gasteiger partial charge in [-0.25, -0.2) is 28.1 Å². The Bertz CT molecular complexity index is 1960. The Morgan fingerprint density at radius 1 is 0.423 bits per heavy atom. The maximum atomic E-state index is 14.1. The normalized spacial score (nSPS) is 12.5. The van der Waals surface area contributed by atoms with Gasteiger partial charge in [0.25, 0.3) is 0 Å². The first-order valence-electron chi connectivity index (χ1n) is 18.8. The molecule has 0 radical (unpaired) electrons. The van der Waals surface area contributed by atoms with Gasteiger partial charge in [-0.1, -0.05) is 71.3 Å². The average molecular weight is 714 g/mol. The number of likely N-dealkylation sites (N-methyl/N-ethyl adjacent to an activating group) is 2. The van der Waals surface area contributed by atoms with E-state index in [0.29, 0.717) is 28.5 Å². The number of hydrogen-bond donors (Lipinski definition) is 0. The van der Waals surface area contributed by atoms with Crippen molar-refractivity contribution in [1.29, 1.82) is 0 Å². The fourth-order valence-electron chi connectivity index (χ4n) is 7.34. The minimum atomic E-state index is -0.518. The van der Waals surface area contributed by atoms with Crippen LogP contribution in [-0.2, 0) is 39.3 Å². The van der Waals surface area contributed by atoms with Crippen LogP contribution in [0.15, 0.2) is 69.0 Å². The number of hydrogen-bond acceptors (Lipinski definition) is 3. The molecule has 0 aliphatic carbocycles. The monoisotopic (exact) mass is 714 g/mol. The number of rotatable bonds is 16. The zero-order valence-electron chi connectivity index (χ0n) is 34.2. The number of aromatic nitrogens is 3. The highest BCUT2D eigenvalue weighted by Gasteiger charge is 2.25. The van der Waals surface area contributed by atoms with Crippen molar-refractivity contribution in [2.45, 2.75) is 87.2 Å². The van der Waals surface area contributed by atoms with Crippen LogP contribution < -0.4 is 17.1 Å². The Hall–Kier alpha value is -4.05. The first-order valence-corrected chi connectivity index (χ1v) is 18.8. The lowest BCUT2D eigenvalue weighted by molar-refractivity contribution is -0.904. The Balaban J connectivity index is 1.61. The molecule has 0 aliphatic rings. The van der Waals surface area contributed by atoms with Crippen molar-refractivity contribution in [3.63, 3.8) is 0 Å². The van der Waals surface area contributed by atoms with Crippen LogP contribution >= 0.6 is 0 Å². The number of quaternary nitrogens is 3. The highest BCUT2D eigenvalue weighted by Crippen LogP contribution is 2.18. The number of benzene rings is 3. The van der Waals surface area contributed by atoms with E-state index in [0.717, 1.165) is 30.7 Å². The summed E-state index contributed by atoms with van der Waals surface area (Å²) in [6, 6.07) is 19.5. The molecule has 0 atom stereocenters. The molecule has 282 valence electrons. The van der Waals surface area contributed by atoms with Gasteiger partial charge >= 0.3 is 17.1 Å². The van der Waals surface area contributed by atoms with Crippen LogP contribution in [0.25, 0.3) is 0 Å². The fourth-order valence-corrected chi connectivity index (χ4v) is 7.34. The van der Waals surface area contributed by atoms with E-state index in [4.69, 9.17) is 0 Å². The standard InChI is InChI=1S/C43H65N6O3/c1-32-14-17-38(35(4)26-32)29-47(7,8)23-13-20-44-41(50)45(21-24-48(9,10)30-39-18-15-33(2)27-36(39)5)43(52)46(42(44)51)22-25-49(11,12)31-40-19-16-34(3)28-37(40)6/h14-19,26-28H,13,20-25,29-31H2,1-12H3/q+3. The molecule has 1 aromatic heterocycles. The van der Waals surface area contributed by atoms with E-state index in [1.165, 1.54) is 63.8 Å². The lowest BCUT2D eigenvalue weighted by Gasteiger charge is -2.32. The van der Waals surface area contributed by atoms with Gasteiger partial charge < -0.3 is 13.4 Å². The Labute approximate surface area is 311 Å². The largest absolute Gasteiger partial charge is 0.336 e. The SMILES string of the molecule is Cc1ccc(C[N+](C)(C)CCCn2c(=O)n(CC[N+](C)(C)Cc3ccc(C)cc3C)c(=O)n(CC[N+](C)(C)Cc3ccc(C)cc3C)c2=O)c(C)c1. The lowest BCUT2D eigenvalue weighted by atomic mass is 10.0. The summed E-state index contributed by atoms with van der Waals surface area (Å²) < 4.78 is 5.84. The van der Waals surface area contributed by atoms with Crippen LogP contribution in [0, 0.1) is 41.5 Å². The summed E-state index contributed by atoms with van der Waals surface area (Å²) in [5.41, 5.74) is 9.69. The van der Waals surface area contributed by atoms with Gasteiger partial charge in [0, 0.05) is 29.7 Å². The third-order valence-corrected chi connectivity index (χ3v) is 10.7. The van der Waals surface area contributed by atoms with E-state index >= 15 is 0 Å². The lowest BCUT2D eigenvalue weighted by Crippen LogP contribution is -2.57. The Kier molecular flexibility index (Phi) is 12.8. The summed E-state index contributed by atoms with van der Waals surface area (Å²) in [5, 5.41) is 0. The van der Waals surface area contributed by atoms with E-state index < -0.39 is 17.1 Å². The molecule has 4 aromatic rings. The third kappa shape index (κ3) is 10.7. The second-order valence-corrected chi connectivity index (χ2v) is 17.4. The summed E-state index contributed by atoms with van der Waals surface area (Å²) in [6.07, 6.45) is 0.633. The highest BCUT2D eigenvalue weighted by molar-refractivity contribution is 5.31. The molecular formula is C43H65N6O3+3. The molecule has 3 aromatic carbocycles. The van der Waals surface area contributed by atoms with E-state index in [1.54, 1.807) is 0 Å². The molecule has 1 heterocycles. The molecule has 52 heavy (non-hydrogen) atoms. The van der Waals surface area contributed by atoms with Crippen molar-refractivity contribution in [1.82, 2.24) is 13.7 Å². The minimum absolute atomic E-state index is 0.227. The summed E-state index contributed by atoms with van der Waals surface area (Å²) in [6.45, 7) is 17.7. The molecule has 0 fully saturated rings. The smallest absolute Gasteiger partial charge is 0.325 e. The van der Waals surface area contributed by atoms with Crippen molar-refractivity contribution in [2.24, 2.45) is 0 Å². The second kappa shape index (κ2) is 16.3. The third-order valence-electron chi connectivity index (χ3n) is 10.7. The fraction of sp³-hybridized carbons (Fsp3) is 0.512. The predicted octanol–water partition coefficient (Wildman–Crippen LogP) is 5.24. The maximum absolute atomic E-state index is 14.1. The molecule has 9 heteroatoms. The molecule has 0 spiro atoms. The van der Waals surface area contributed by atoms with E-state index in [9.17, 15) is 14.4 Å². The zero-order chi connectivity index (χ0) is 38.6.